The number of nitrogens with zero attached hydrogens (tertiary/aromatic N) is 1. The predicted molar refractivity (Wildman–Crippen MR) is 88.4 cm³/mol. The van der Waals surface area contributed by atoms with Gasteiger partial charge in [0.25, 0.3) is 0 Å². The molecule has 0 aliphatic heterocycles. The summed E-state index contributed by atoms with van der Waals surface area (Å²) in [5.74, 6) is 0.0168. The highest BCUT2D eigenvalue weighted by molar-refractivity contribution is 14.1. The maximum atomic E-state index is 12.0. The van der Waals surface area contributed by atoms with Crippen molar-refractivity contribution in [3.8, 4) is 0 Å². The average Bonchev–Trinajstić information content (AvgIpc) is 2.84. The molecule has 0 saturated heterocycles. The van der Waals surface area contributed by atoms with Crippen LogP contribution in [0.5, 0.6) is 0 Å². The maximum absolute atomic E-state index is 12.0. The van der Waals surface area contributed by atoms with Gasteiger partial charge in [-0.2, -0.15) is 0 Å². The molecule has 0 fully saturated rings. The first-order valence-electron chi connectivity index (χ1n) is 5.90. The van der Waals surface area contributed by atoms with Crippen LogP contribution in [0.1, 0.15) is 4.88 Å². The zero-order valence-electron chi connectivity index (χ0n) is 10.6. The third kappa shape index (κ3) is 4.59. The summed E-state index contributed by atoms with van der Waals surface area (Å²) < 4.78 is 1.05. The van der Waals surface area contributed by atoms with Crippen molar-refractivity contribution >= 4 is 45.5 Å². The topological polar surface area (TPSA) is 32.3 Å². The molecule has 0 unspecified atom stereocenters. The zero-order chi connectivity index (χ0) is 13.7. The molecule has 1 aromatic heterocycles. The van der Waals surface area contributed by atoms with Gasteiger partial charge in [0.15, 0.2) is 0 Å². The number of rotatable bonds is 5. The lowest BCUT2D eigenvalue weighted by Gasteiger charge is -2.15. The number of halogens is 1. The molecule has 1 heterocycles. The molecule has 5 heteroatoms. The Labute approximate surface area is 130 Å². The molecule has 0 bridgehead atoms. The monoisotopic (exact) mass is 386 g/mol. The number of hydrogen-bond acceptors (Lipinski definition) is 3. The largest absolute Gasteiger partial charge is 0.324 e. The first kappa shape index (κ1) is 14.5. The molecular formula is C14H15IN2OS. The van der Waals surface area contributed by atoms with E-state index in [0.717, 1.165) is 15.8 Å². The van der Waals surface area contributed by atoms with Crippen molar-refractivity contribution in [2.24, 2.45) is 0 Å². The van der Waals surface area contributed by atoms with E-state index >= 15 is 0 Å². The number of hydrogen-bond donors (Lipinski definition) is 1. The van der Waals surface area contributed by atoms with E-state index < -0.39 is 0 Å². The molecule has 0 atom stereocenters. The molecule has 19 heavy (non-hydrogen) atoms. The molecule has 1 amide bonds. The Morgan fingerprint density at radius 3 is 2.79 bits per heavy atom. The molecule has 0 aliphatic carbocycles. The van der Waals surface area contributed by atoms with Crippen LogP contribution >= 0.6 is 33.9 Å². The number of carbonyl (C=O) groups excluding carboxylic acids is 1. The molecular weight excluding hydrogens is 371 g/mol. The number of amides is 1. The standard InChI is InChI=1S/C14H15IN2OS/c1-17(9-11-5-4-8-19-11)10-14(18)16-13-7-3-2-6-12(13)15/h2-8H,9-10H2,1H3,(H,16,18). The molecule has 0 spiro atoms. The summed E-state index contributed by atoms with van der Waals surface area (Å²) >= 11 is 3.93. The number of para-hydroxylation sites is 1. The molecule has 0 saturated carbocycles. The molecule has 1 N–H and O–H groups in total. The van der Waals surface area contributed by atoms with Gasteiger partial charge in [0.2, 0.25) is 5.91 Å². The number of carbonyl (C=O) groups is 1. The number of likely N-dealkylation sites (N-methyl/N-ethyl adjacent to an activating group) is 1. The van der Waals surface area contributed by atoms with Crippen LogP contribution in [0.25, 0.3) is 0 Å². The van der Waals surface area contributed by atoms with E-state index in [2.05, 4.69) is 39.4 Å². The number of benzene rings is 1. The van der Waals surface area contributed by atoms with Gasteiger partial charge < -0.3 is 5.32 Å². The molecule has 2 rings (SSSR count). The van der Waals surface area contributed by atoms with Crippen LogP contribution in [0.4, 0.5) is 5.69 Å². The quantitative estimate of drug-likeness (QED) is 0.799. The van der Waals surface area contributed by atoms with Crippen molar-refractivity contribution < 1.29 is 4.79 Å². The molecule has 2 aromatic rings. The first-order valence-corrected chi connectivity index (χ1v) is 7.86. The number of thiophene rings is 1. The van der Waals surface area contributed by atoms with Crippen LogP contribution in [-0.4, -0.2) is 24.4 Å². The SMILES string of the molecule is CN(CC(=O)Nc1ccccc1I)Cc1cccs1. The smallest absolute Gasteiger partial charge is 0.238 e. The van der Waals surface area contributed by atoms with E-state index in [1.807, 2.05) is 42.3 Å². The van der Waals surface area contributed by atoms with Gasteiger partial charge in [-0.3, -0.25) is 9.69 Å². The molecule has 3 nitrogen and oxygen atoms in total. The van der Waals surface area contributed by atoms with E-state index in [1.165, 1.54) is 4.88 Å². The Morgan fingerprint density at radius 1 is 1.32 bits per heavy atom. The van der Waals surface area contributed by atoms with Crippen molar-refractivity contribution in [3.05, 3.63) is 50.2 Å². The summed E-state index contributed by atoms with van der Waals surface area (Å²) in [6.07, 6.45) is 0. The fourth-order valence-corrected chi connectivity index (χ4v) is 3.03. The van der Waals surface area contributed by atoms with Gasteiger partial charge in [0.1, 0.15) is 0 Å². The Kier molecular flexibility index (Phi) is 5.35. The second-order valence-corrected chi connectivity index (χ2v) is 6.47. The number of anilines is 1. The van der Waals surface area contributed by atoms with E-state index in [1.54, 1.807) is 11.3 Å². The highest BCUT2D eigenvalue weighted by atomic mass is 127. The van der Waals surface area contributed by atoms with E-state index in [9.17, 15) is 4.79 Å². The second-order valence-electron chi connectivity index (χ2n) is 4.28. The Bertz CT molecular complexity index is 542. The molecule has 0 radical (unpaired) electrons. The Morgan fingerprint density at radius 2 is 2.11 bits per heavy atom. The van der Waals surface area contributed by atoms with Crippen molar-refractivity contribution in [2.45, 2.75) is 6.54 Å². The predicted octanol–water partition coefficient (Wildman–Crippen LogP) is 3.42. The summed E-state index contributed by atoms with van der Waals surface area (Å²) in [6, 6.07) is 11.9. The highest BCUT2D eigenvalue weighted by Gasteiger charge is 2.09. The summed E-state index contributed by atoms with van der Waals surface area (Å²) in [5, 5.41) is 4.99. The van der Waals surface area contributed by atoms with Gasteiger partial charge in [0, 0.05) is 15.0 Å². The van der Waals surface area contributed by atoms with Crippen LogP contribution in [0.2, 0.25) is 0 Å². The van der Waals surface area contributed by atoms with E-state index in [-0.39, 0.29) is 5.91 Å². The molecule has 100 valence electrons. The van der Waals surface area contributed by atoms with E-state index in [0.29, 0.717) is 6.54 Å². The maximum Gasteiger partial charge on any atom is 0.238 e. The minimum absolute atomic E-state index is 0.0168. The normalized spacial score (nSPS) is 10.7. The minimum Gasteiger partial charge on any atom is -0.324 e. The van der Waals surface area contributed by atoms with Crippen LogP contribution in [0, 0.1) is 3.57 Å². The van der Waals surface area contributed by atoms with Gasteiger partial charge in [-0.05, 0) is 53.2 Å². The highest BCUT2D eigenvalue weighted by Crippen LogP contribution is 2.17. The summed E-state index contributed by atoms with van der Waals surface area (Å²) in [7, 11) is 1.95. The lowest BCUT2D eigenvalue weighted by atomic mass is 10.3. The molecule has 0 aliphatic rings. The third-order valence-corrected chi connectivity index (χ3v) is 4.37. The van der Waals surface area contributed by atoms with Gasteiger partial charge in [-0.25, -0.2) is 0 Å². The van der Waals surface area contributed by atoms with E-state index in [4.69, 9.17) is 0 Å². The van der Waals surface area contributed by atoms with Crippen molar-refractivity contribution in [2.75, 3.05) is 18.9 Å². The summed E-state index contributed by atoms with van der Waals surface area (Å²) in [5.41, 5.74) is 0.873. The first-order chi connectivity index (χ1) is 9.15. The fourth-order valence-electron chi connectivity index (χ4n) is 1.72. The van der Waals surface area contributed by atoms with Crippen molar-refractivity contribution in [3.63, 3.8) is 0 Å². The fraction of sp³-hybridized carbons (Fsp3) is 0.214. The Balaban J connectivity index is 1.86. The van der Waals surface area contributed by atoms with Crippen LogP contribution in [0.15, 0.2) is 41.8 Å². The van der Waals surface area contributed by atoms with Crippen molar-refractivity contribution in [1.29, 1.82) is 0 Å². The number of nitrogens with one attached hydrogen (secondary N) is 1. The van der Waals surface area contributed by atoms with Gasteiger partial charge in [0.05, 0.1) is 12.2 Å². The van der Waals surface area contributed by atoms with Crippen LogP contribution in [0.3, 0.4) is 0 Å². The van der Waals surface area contributed by atoms with Gasteiger partial charge in [-0.1, -0.05) is 18.2 Å². The second kappa shape index (κ2) is 7.02. The van der Waals surface area contributed by atoms with Crippen LogP contribution < -0.4 is 5.32 Å². The molecule has 1 aromatic carbocycles. The Hall–Kier alpha value is -0.920. The zero-order valence-corrected chi connectivity index (χ0v) is 13.6. The minimum atomic E-state index is 0.0168. The summed E-state index contributed by atoms with van der Waals surface area (Å²) in [6.45, 7) is 1.19. The van der Waals surface area contributed by atoms with Gasteiger partial charge >= 0.3 is 0 Å². The average molecular weight is 386 g/mol. The lowest BCUT2D eigenvalue weighted by molar-refractivity contribution is -0.117. The third-order valence-electron chi connectivity index (χ3n) is 2.57. The van der Waals surface area contributed by atoms with Crippen LogP contribution in [-0.2, 0) is 11.3 Å². The summed E-state index contributed by atoms with van der Waals surface area (Å²) in [4.78, 5) is 15.2. The lowest BCUT2D eigenvalue weighted by Crippen LogP contribution is -2.29. The van der Waals surface area contributed by atoms with Crippen molar-refractivity contribution in [1.82, 2.24) is 4.90 Å². The van der Waals surface area contributed by atoms with Gasteiger partial charge in [-0.15, -0.1) is 11.3 Å².